The summed E-state index contributed by atoms with van der Waals surface area (Å²) in [6.45, 7) is 3.02. The fourth-order valence-corrected chi connectivity index (χ4v) is 2.59. The van der Waals surface area contributed by atoms with Crippen molar-refractivity contribution < 1.29 is 9.53 Å². The molecule has 7 heteroatoms. The van der Waals surface area contributed by atoms with Gasteiger partial charge >= 0.3 is 0 Å². The first-order valence-electron chi connectivity index (χ1n) is 7.56. The van der Waals surface area contributed by atoms with Crippen molar-refractivity contribution >= 4 is 11.7 Å². The van der Waals surface area contributed by atoms with Crippen LogP contribution < -0.4 is 10.6 Å². The molecule has 23 heavy (non-hydrogen) atoms. The first-order chi connectivity index (χ1) is 11.2. The number of aromatic nitrogens is 3. The van der Waals surface area contributed by atoms with Gasteiger partial charge in [-0.15, -0.1) is 0 Å². The molecule has 1 aliphatic heterocycles. The van der Waals surface area contributed by atoms with Gasteiger partial charge in [-0.1, -0.05) is 0 Å². The number of aryl methyl sites for hydroxylation is 1. The number of anilines is 1. The molecule has 7 nitrogen and oxygen atoms in total. The first-order valence-corrected chi connectivity index (χ1v) is 7.56. The van der Waals surface area contributed by atoms with Crippen LogP contribution in [0.2, 0.25) is 0 Å². The third-order valence-corrected chi connectivity index (χ3v) is 3.85. The number of amides is 1. The zero-order valence-electron chi connectivity index (χ0n) is 12.9. The van der Waals surface area contributed by atoms with Gasteiger partial charge in [-0.3, -0.25) is 9.78 Å². The molecule has 1 saturated heterocycles. The highest BCUT2D eigenvalue weighted by molar-refractivity contribution is 5.95. The molecule has 2 aromatic rings. The highest BCUT2D eigenvalue weighted by Gasteiger charge is 2.28. The molecule has 3 rings (SSSR count). The monoisotopic (exact) mass is 313 g/mol. The van der Waals surface area contributed by atoms with Gasteiger partial charge in [0.2, 0.25) is 0 Å². The Hall–Kier alpha value is -2.54. The highest BCUT2D eigenvalue weighted by atomic mass is 16.5. The summed E-state index contributed by atoms with van der Waals surface area (Å²) < 4.78 is 5.53. The Morgan fingerprint density at radius 1 is 1.26 bits per heavy atom. The van der Waals surface area contributed by atoms with Crippen LogP contribution in [-0.4, -0.2) is 46.2 Å². The molecule has 3 heterocycles. The van der Waals surface area contributed by atoms with E-state index in [1.807, 2.05) is 6.92 Å². The summed E-state index contributed by atoms with van der Waals surface area (Å²) in [5.74, 6) is 0.626. The summed E-state index contributed by atoms with van der Waals surface area (Å²) in [4.78, 5) is 24.6. The van der Waals surface area contributed by atoms with Gasteiger partial charge in [0, 0.05) is 30.8 Å². The molecule has 1 aliphatic rings. The van der Waals surface area contributed by atoms with E-state index in [9.17, 15) is 4.79 Å². The van der Waals surface area contributed by atoms with Gasteiger partial charge in [-0.05, 0) is 31.0 Å². The molecular formula is C16H19N5O2. The number of nitrogens with zero attached hydrogens (tertiary/aromatic N) is 3. The van der Waals surface area contributed by atoms with Crippen LogP contribution in [0.15, 0.2) is 37.1 Å². The zero-order chi connectivity index (χ0) is 16.1. The van der Waals surface area contributed by atoms with Gasteiger partial charge in [-0.2, -0.15) is 0 Å². The summed E-state index contributed by atoms with van der Waals surface area (Å²) in [5, 5.41) is 6.39. The van der Waals surface area contributed by atoms with Crippen LogP contribution in [0.5, 0.6) is 0 Å². The number of nitrogens with one attached hydrogen (secondary N) is 2. The molecule has 0 aliphatic carbocycles. The Labute approximate surface area is 134 Å². The van der Waals surface area contributed by atoms with Crippen molar-refractivity contribution in [3.05, 3.63) is 48.2 Å². The zero-order valence-corrected chi connectivity index (χ0v) is 12.9. The second-order valence-electron chi connectivity index (χ2n) is 5.48. The minimum Gasteiger partial charge on any atom is -0.379 e. The molecule has 0 aromatic carbocycles. The smallest absolute Gasteiger partial charge is 0.251 e. The van der Waals surface area contributed by atoms with E-state index in [2.05, 4.69) is 25.6 Å². The largest absolute Gasteiger partial charge is 0.379 e. The number of rotatable bonds is 4. The molecule has 1 amide bonds. The fourth-order valence-electron chi connectivity index (χ4n) is 2.59. The standard InChI is InChI=1S/C16H19N5O2/c1-11-8-17-5-2-12(11)16(22)21-13-4-7-23-9-14(13)20-15-3-6-18-10-19-15/h2-3,5-6,8,10,13-14H,4,7,9H2,1H3,(H,21,22)(H,18,19,20)/t13-,14+/m0/s1. The lowest BCUT2D eigenvalue weighted by Crippen LogP contribution is -2.52. The van der Waals surface area contributed by atoms with Crippen LogP contribution in [0.4, 0.5) is 5.82 Å². The van der Waals surface area contributed by atoms with E-state index in [1.54, 1.807) is 30.7 Å². The van der Waals surface area contributed by atoms with Crippen LogP contribution >= 0.6 is 0 Å². The predicted octanol–water partition coefficient (Wildman–Crippen LogP) is 1.18. The molecule has 2 N–H and O–H groups in total. The molecule has 120 valence electrons. The lowest BCUT2D eigenvalue weighted by molar-refractivity contribution is 0.0619. The Morgan fingerprint density at radius 2 is 2.13 bits per heavy atom. The molecule has 2 atom stereocenters. The number of ether oxygens (including phenoxy) is 1. The second-order valence-corrected chi connectivity index (χ2v) is 5.48. The summed E-state index contributed by atoms with van der Waals surface area (Å²) in [6.07, 6.45) is 7.23. The van der Waals surface area contributed by atoms with Crippen molar-refractivity contribution in [1.82, 2.24) is 20.3 Å². The third kappa shape index (κ3) is 3.81. The number of hydrogen-bond donors (Lipinski definition) is 2. The fraction of sp³-hybridized carbons (Fsp3) is 0.375. The molecule has 0 bridgehead atoms. The number of hydrogen-bond acceptors (Lipinski definition) is 6. The summed E-state index contributed by atoms with van der Waals surface area (Å²) in [6, 6.07) is 3.46. The van der Waals surface area contributed by atoms with E-state index >= 15 is 0 Å². The average Bonchev–Trinajstić information content (AvgIpc) is 2.58. The maximum absolute atomic E-state index is 12.5. The Kier molecular flexibility index (Phi) is 4.77. The molecule has 0 spiro atoms. The minimum atomic E-state index is -0.0914. The van der Waals surface area contributed by atoms with E-state index in [0.717, 1.165) is 17.8 Å². The van der Waals surface area contributed by atoms with E-state index in [0.29, 0.717) is 18.8 Å². The first kappa shape index (κ1) is 15.4. The molecule has 1 fully saturated rings. The SMILES string of the molecule is Cc1cnccc1C(=O)N[C@H]1CCOC[C@H]1Nc1ccncn1. The van der Waals surface area contributed by atoms with Gasteiger partial charge < -0.3 is 15.4 Å². The lowest BCUT2D eigenvalue weighted by Gasteiger charge is -2.33. The number of pyridine rings is 1. The Morgan fingerprint density at radius 3 is 2.91 bits per heavy atom. The number of carbonyl (C=O) groups is 1. The topological polar surface area (TPSA) is 89.0 Å². The van der Waals surface area contributed by atoms with Crippen molar-refractivity contribution in [2.45, 2.75) is 25.4 Å². The van der Waals surface area contributed by atoms with E-state index in [4.69, 9.17) is 4.74 Å². The summed E-state index contributed by atoms with van der Waals surface area (Å²) >= 11 is 0. The Balaban J connectivity index is 1.69. The maximum Gasteiger partial charge on any atom is 0.251 e. The maximum atomic E-state index is 12.5. The highest BCUT2D eigenvalue weighted by Crippen LogP contribution is 2.14. The van der Waals surface area contributed by atoms with Gasteiger partial charge in [0.15, 0.2) is 0 Å². The van der Waals surface area contributed by atoms with Gasteiger partial charge in [-0.25, -0.2) is 9.97 Å². The van der Waals surface area contributed by atoms with Crippen LogP contribution in [-0.2, 0) is 4.74 Å². The van der Waals surface area contributed by atoms with Crippen LogP contribution in [0, 0.1) is 6.92 Å². The van der Waals surface area contributed by atoms with Crippen LogP contribution in [0.25, 0.3) is 0 Å². The minimum absolute atomic E-state index is 0.0289. The third-order valence-electron chi connectivity index (χ3n) is 3.85. The lowest BCUT2D eigenvalue weighted by atomic mass is 10.0. The van der Waals surface area contributed by atoms with E-state index < -0.39 is 0 Å². The Bertz CT molecular complexity index is 665. The van der Waals surface area contributed by atoms with Gasteiger partial charge in [0.25, 0.3) is 5.91 Å². The second kappa shape index (κ2) is 7.15. The molecule has 0 saturated carbocycles. The van der Waals surface area contributed by atoms with Gasteiger partial charge in [0.1, 0.15) is 12.1 Å². The van der Waals surface area contributed by atoms with Crippen LogP contribution in [0.3, 0.4) is 0 Å². The van der Waals surface area contributed by atoms with Crippen molar-refractivity contribution in [3.8, 4) is 0 Å². The van der Waals surface area contributed by atoms with Crippen molar-refractivity contribution in [1.29, 1.82) is 0 Å². The number of carbonyl (C=O) groups excluding carboxylic acids is 1. The average molecular weight is 313 g/mol. The van der Waals surface area contributed by atoms with Crippen molar-refractivity contribution in [3.63, 3.8) is 0 Å². The van der Waals surface area contributed by atoms with Crippen molar-refractivity contribution in [2.75, 3.05) is 18.5 Å². The van der Waals surface area contributed by atoms with E-state index in [-0.39, 0.29) is 18.0 Å². The summed E-state index contributed by atoms with van der Waals surface area (Å²) in [5.41, 5.74) is 1.50. The summed E-state index contributed by atoms with van der Waals surface area (Å²) in [7, 11) is 0. The molecule has 2 aromatic heterocycles. The molecular weight excluding hydrogens is 294 g/mol. The van der Waals surface area contributed by atoms with E-state index in [1.165, 1.54) is 6.33 Å². The molecule has 0 unspecified atom stereocenters. The normalized spacial score (nSPS) is 20.7. The predicted molar refractivity (Wildman–Crippen MR) is 85.1 cm³/mol. The van der Waals surface area contributed by atoms with Crippen molar-refractivity contribution in [2.24, 2.45) is 0 Å². The van der Waals surface area contributed by atoms with Crippen LogP contribution in [0.1, 0.15) is 22.3 Å². The van der Waals surface area contributed by atoms with Gasteiger partial charge in [0.05, 0.1) is 18.7 Å². The quantitative estimate of drug-likeness (QED) is 0.881. The molecule has 0 radical (unpaired) electrons.